The van der Waals surface area contributed by atoms with Gasteiger partial charge in [-0.3, -0.25) is 0 Å². The minimum absolute atomic E-state index is 0.162. The lowest BCUT2D eigenvalue weighted by atomic mass is 10.1. The molecule has 0 spiro atoms. The van der Waals surface area contributed by atoms with Gasteiger partial charge in [-0.15, -0.1) is 0 Å². The number of hydrogen-bond donors (Lipinski definition) is 1. The van der Waals surface area contributed by atoms with Crippen LogP contribution < -0.4 is 4.74 Å². The van der Waals surface area contributed by atoms with Crippen molar-refractivity contribution in [2.75, 3.05) is 33.4 Å². The number of rotatable bonds is 9. The number of aliphatic hydroxyl groups excluding tert-OH is 1. The lowest BCUT2D eigenvalue weighted by molar-refractivity contribution is 0.0890. The van der Waals surface area contributed by atoms with Crippen LogP contribution in [0.15, 0.2) is 24.3 Å². The molecular formula is C16H27NO3. The monoisotopic (exact) mass is 281 g/mol. The van der Waals surface area contributed by atoms with Gasteiger partial charge in [-0.2, -0.15) is 0 Å². The summed E-state index contributed by atoms with van der Waals surface area (Å²) in [6.07, 6.45) is -0.329. The van der Waals surface area contributed by atoms with E-state index in [9.17, 15) is 5.11 Å². The number of aliphatic hydroxyl groups is 1. The molecule has 114 valence electrons. The number of benzene rings is 1. The smallest absolute Gasteiger partial charge is 0.119 e. The van der Waals surface area contributed by atoms with Crippen LogP contribution in [-0.4, -0.2) is 49.5 Å². The van der Waals surface area contributed by atoms with Crippen LogP contribution in [0.3, 0.4) is 0 Å². The van der Waals surface area contributed by atoms with Gasteiger partial charge in [0.25, 0.3) is 0 Å². The largest absolute Gasteiger partial charge is 0.491 e. The topological polar surface area (TPSA) is 41.9 Å². The molecule has 1 aromatic carbocycles. The first-order valence-electron chi connectivity index (χ1n) is 7.24. The van der Waals surface area contributed by atoms with Crippen molar-refractivity contribution in [3.8, 4) is 5.75 Å². The highest BCUT2D eigenvalue weighted by molar-refractivity contribution is 5.28. The normalized spacial score (nSPS) is 12.9. The van der Waals surface area contributed by atoms with Gasteiger partial charge in [0.1, 0.15) is 5.75 Å². The van der Waals surface area contributed by atoms with Gasteiger partial charge in [-0.25, -0.2) is 0 Å². The van der Waals surface area contributed by atoms with Crippen molar-refractivity contribution in [3.05, 3.63) is 29.8 Å². The molecular weight excluding hydrogens is 254 g/mol. The Morgan fingerprint density at radius 1 is 1.20 bits per heavy atom. The SMILES string of the molecule is CCOCCN(C)CC(O)c1ccc(OC(C)C)cc1. The molecule has 1 N–H and O–H groups in total. The van der Waals surface area contributed by atoms with E-state index in [2.05, 4.69) is 4.90 Å². The van der Waals surface area contributed by atoms with Crippen molar-refractivity contribution < 1.29 is 14.6 Å². The van der Waals surface area contributed by atoms with Gasteiger partial charge in [0.2, 0.25) is 0 Å². The van der Waals surface area contributed by atoms with Crippen LogP contribution in [0.4, 0.5) is 0 Å². The summed E-state index contributed by atoms with van der Waals surface area (Å²) in [5.41, 5.74) is 0.907. The summed E-state index contributed by atoms with van der Waals surface area (Å²) >= 11 is 0. The first kappa shape index (κ1) is 17.0. The fourth-order valence-electron chi connectivity index (χ4n) is 1.90. The lowest BCUT2D eigenvalue weighted by Gasteiger charge is -2.21. The predicted octanol–water partition coefficient (Wildman–Crippen LogP) is 2.48. The summed E-state index contributed by atoms with van der Waals surface area (Å²) in [7, 11) is 1.98. The highest BCUT2D eigenvalue weighted by Gasteiger charge is 2.11. The summed E-state index contributed by atoms with van der Waals surface area (Å²) in [5, 5.41) is 10.2. The van der Waals surface area contributed by atoms with Gasteiger partial charge >= 0.3 is 0 Å². The second-order valence-corrected chi connectivity index (χ2v) is 5.21. The van der Waals surface area contributed by atoms with Crippen molar-refractivity contribution in [3.63, 3.8) is 0 Å². The molecule has 0 aliphatic heterocycles. The third-order valence-electron chi connectivity index (χ3n) is 2.94. The van der Waals surface area contributed by atoms with E-state index in [0.717, 1.165) is 24.5 Å². The average Bonchev–Trinajstić information content (AvgIpc) is 2.39. The predicted molar refractivity (Wildman–Crippen MR) is 81.2 cm³/mol. The Morgan fingerprint density at radius 3 is 2.40 bits per heavy atom. The average molecular weight is 281 g/mol. The summed E-state index contributed by atoms with van der Waals surface area (Å²) < 4.78 is 10.9. The van der Waals surface area contributed by atoms with Crippen LogP contribution in [-0.2, 0) is 4.74 Å². The van der Waals surface area contributed by atoms with E-state index in [0.29, 0.717) is 13.2 Å². The van der Waals surface area contributed by atoms with E-state index < -0.39 is 6.10 Å². The van der Waals surface area contributed by atoms with E-state index in [1.54, 1.807) is 0 Å². The molecule has 0 bridgehead atoms. The van der Waals surface area contributed by atoms with Crippen molar-refractivity contribution in [2.24, 2.45) is 0 Å². The molecule has 0 amide bonds. The fourth-order valence-corrected chi connectivity index (χ4v) is 1.90. The van der Waals surface area contributed by atoms with Crippen LogP contribution >= 0.6 is 0 Å². The molecule has 4 heteroatoms. The molecule has 1 unspecified atom stereocenters. The Hall–Kier alpha value is -1.10. The first-order valence-corrected chi connectivity index (χ1v) is 7.24. The Kier molecular flexibility index (Phi) is 7.59. The van der Waals surface area contributed by atoms with Crippen molar-refractivity contribution in [2.45, 2.75) is 33.0 Å². The maximum atomic E-state index is 10.2. The van der Waals surface area contributed by atoms with E-state index in [1.807, 2.05) is 52.1 Å². The van der Waals surface area contributed by atoms with Crippen molar-refractivity contribution in [1.82, 2.24) is 4.90 Å². The third-order valence-corrected chi connectivity index (χ3v) is 2.94. The molecule has 1 rings (SSSR count). The zero-order chi connectivity index (χ0) is 15.0. The summed E-state index contributed by atoms with van der Waals surface area (Å²) in [6, 6.07) is 7.63. The molecule has 0 saturated carbocycles. The maximum absolute atomic E-state index is 10.2. The fraction of sp³-hybridized carbons (Fsp3) is 0.625. The van der Waals surface area contributed by atoms with Crippen LogP contribution in [0.1, 0.15) is 32.4 Å². The Morgan fingerprint density at radius 2 is 1.85 bits per heavy atom. The number of ether oxygens (including phenoxy) is 2. The minimum Gasteiger partial charge on any atom is -0.491 e. The maximum Gasteiger partial charge on any atom is 0.119 e. The molecule has 0 radical (unpaired) electrons. The quantitative estimate of drug-likeness (QED) is 0.706. The van der Waals surface area contributed by atoms with Crippen molar-refractivity contribution >= 4 is 0 Å². The van der Waals surface area contributed by atoms with E-state index in [4.69, 9.17) is 9.47 Å². The minimum atomic E-state index is -0.491. The Balaban J connectivity index is 2.44. The van der Waals surface area contributed by atoms with E-state index >= 15 is 0 Å². The zero-order valence-corrected chi connectivity index (χ0v) is 13.0. The van der Waals surface area contributed by atoms with Gasteiger partial charge in [-0.05, 0) is 45.5 Å². The van der Waals surface area contributed by atoms with Gasteiger partial charge < -0.3 is 19.5 Å². The van der Waals surface area contributed by atoms with Gasteiger partial charge in [0.05, 0.1) is 18.8 Å². The number of likely N-dealkylation sites (N-methyl/N-ethyl adjacent to an activating group) is 1. The molecule has 0 aliphatic rings. The molecule has 0 aromatic heterocycles. The van der Waals surface area contributed by atoms with Crippen LogP contribution in [0, 0.1) is 0 Å². The second-order valence-electron chi connectivity index (χ2n) is 5.21. The number of nitrogens with zero attached hydrogens (tertiary/aromatic N) is 1. The Bertz CT molecular complexity index is 364. The lowest BCUT2D eigenvalue weighted by Crippen LogP contribution is -2.28. The third kappa shape index (κ3) is 6.37. The highest BCUT2D eigenvalue weighted by Crippen LogP contribution is 2.19. The summed E-state index contributed by atoms with van der Waals surface area (Å²) in [6.45, 7) is 8.81. The standard InChI is InChI=1S/C16H27NO3/c1-5-19-11-10-17(4)12-16(18)14-6-8-15(9-7-14)20-13(2)3/h6-9,13,16,18H,5,10-12H2,1-4H3. The van der Waals surface area contributed by atoms with Crippen LogP contribution in [0.5, 0.6) is 5.75 Å². The molecule has 1 aromatic rings. The zero-order valence-electron chi connectivity index (χ0n) is 13.0. The molecule has 20 heavy (non-hydrogen) atoms. The summed E-state index contributed by atoms with van der Waals surface area (Å²) in [5.74, 6) is 0.834. The van der Waals surface area contributed by atoms with Crippen LogP contribution in [0.25, 0.3) is 0 Å². The molecule has 0 saturated heterocycles. The van der Waals surface area contributed by atoms with Gasteiger partial charge in [0, 0.05) is 19.7 Å². The highest BCUT2D eigenvalue weighted by atomic mass is 16.5. The van der Waals surface area contributed by atoms with Crippen LogP contribution in [0.2, 0.25) is 0 Å². The van der Waals surface area contributed by atoms with Crippen molar-refractivity contribution in [1.29, 1.82) is 0 Å². The Labute approximate surface area is 122 Å². The van der Waals surface area contributed by atoms with Gasteiger partial charge in [-0.1, -0.05) is 12.1 Å². The van der Waals surface area contributed by atoms with E-state index in [1.165, 1.54) is 0 Å². The summed E-state index contributed by atoms with van der Waals surface area (Å²) in [4.78, 5) is 2.07. The molecule has 0 aliphatic carbocycles. The van der Waals surface area contributed by atoms with Gasteiger partial charge in [0.15, 0.2) is 0 Å². The second kappa shape index (κ2) is 8.95. The molecule has 0 fully saturated rings. The molecule has 0 heterocycles. The molecule has 4 nitrogen and oxygen atoms in total. The molecule has 1 atom stereocenters. The first-order chi connectivity index (χ1) is 9.52. The number of hydrogen-bond acceptors (Lipinski definition) is 4. The van der Waals surface area contributed by atoms with E-state index in [-0.39, 0.29) is 6.10 Å².